The van der Waals surface area contributed by atoms with Crippen LogP contribution in [0.2, 0.25) is 0 Å². The van der Waals surface area contributed by atoms with Crippen molar-refractivity contribution in [1.29, 1.82) is 0 Å². The van der Waals surface area contributed by atoms with Crippen LogP contribution in [0.1, 0.15) is 26.2 Å². The molecule has 1 heterocycles. The second-order valence-corrected chi connectivity index (χ2v) is 7.68. The number of rotatable bonds is 7. The summed E-state index contributed by atoms with van der Waals surface area (Å²) < 4.78 is 23.0. The molecule has 0 aromatic heterocycles. The molecule has 0 radical (unpaired) electrons. The smallest absolute Gasteiger partial charge is 0.154 e. The van der Waals surface area contributed by atoms with E-state index < -0.39 is 9.84 Å². The molecule has 3 nitrogen and oxygen atoms in total. The molecule has 1 saturated heterocycles. The van der Waals surface area contributed by atoms with Crippen molar-refractivity contribution in [3.8, 4) is 0 Å². The monoisotopic (exact) mass is 251 g/mol. The topological polar surface area (TPSA) is 46.2 Å². The predicted octanol–water partition coefficient (Wildman–Crippen LogP) is 1.30. The van der Waals surface area contributed by atoms with E-state index in [1.165, 1.54) is 5.75 Å². The number of hydrogen-bond acceptors (Lipinski definition) is 4. The van der Waals surface area contributed by atoms with E-state index in [2.05, 4.69) is 12.2 Å². The lowest BCUT2D eigenvalue weighted by molar-refractivity contribution is 0.573. The minimum atomic E-state index is -2.75. The first-order chi connectivity index (χ1) is 7.17. The quantitative estimate of drug-likeness (QED) is 0.693. The summed E-state index contributed by atoms with van der Waals surface area (Å²) in [6, 6.07) is 0. The van der Waals surface area contributed by atoms with Gasteiger partial charge in [0.2, 0.25) is 0 Å². The van der Waals surface area contributed by atoms with Gasteiger partial charge < -0.3 is 5.32 Å². The van der Waals surface area contributed by atoms with E-state index in [0.717, 1.165) is 31.6 Å². The molecule has 1 fully saturated rings. The Kier molecular flexibility index (Phi) is 6.00. The van der Waals surface area contributed by atoms with Gasteiger partial charge in [-0.05, 0) is 37.3 Å². The maximum atomic E-state index is 11.5. The molecule has 1 N–H and O–H groups in total. The third-order valence-corrected chi connectivity index (χ3v) is 5.94. The molecule has 1 unspecified atom stereocenters. The van der Waals surface area contributed by atoms with Gasteiger partial charge in [-0.25, -0.2) is 8.42 Å². The molecular formula is C10H21NO2S2. The Morgan fingerprint density at radius 2 is 2.27 bits per heavy atom. The van der Waals surface area contributed by atoms with E-state index in [0.29, 0.717) is 12.3 Å². The molecule has 5 heteroatoms. The van der Waals surface area contributed by atoms with E-state index >= 15 is 0 Å². The molecule has 1 aliphatic rings. The van der Waals surface area contributed by atoms with E-state index in [1.807, 2.05) is 11.8 Å². The third-order valence-electron chi connectivity index (χ3n) is 2.68. The standard InChI is InChI=1S/C10H21NO2S2/c1-2-14-7-4-6-11-9-10-5-3-8-15(10,12)13/h10-11H,2-9H2,1H3. The molecule has 1 rings (SSSR count). The van der Waals surface area contributed by atoms with Gasteiger partial charge in [0.05, 0.1) is 11.0 Å². The Morgan fingerprint density at radius 1 is 1.47 bits per heavy atom. The van der Waals surface area contributed by atoms with Gasteiger partial charge in [0, 0.05) is 6.54 Å². The fourth-order valence-electron chi connectivity index (χ4n) is 1.79. The largest absolute Gasteiger partial charge is 0.315 e. The summed E-state index contributed by atoms with van der Waals surface area (Å²) >= 11 is 1.93. The molecular weight excluding hydrogens is 230 g/mol. The zero-order valence-corrected chi connectivity index (χ0v) is 11.0. The number of sulfone groups is 1. The highest BCUT2D eigenvalue weighted by Gasteiger charge is 2.30. The Bertz CT molecular complexity index is 265. The molecule has 0 spiro atoms. The first kappa shape index (κ1) is 13.3. The van der Waals surface area contributed by atoms with Crippen LogP contribution in [0, 0.1) is 0 Å². The number of hydrogen-bond donors (Lipinski definition) is 1. The zero-order valence-electron chi connectivity index (χ0n) is 9.37. The molecule has 0 bridgehead atoms. The van der Waals surface area contributed by atoms with E-state index in [4.69, 9.17) is 0 Å². The summed E-state index contributed by atoms with van der Waals surface area (Å²) in [6.45, 7) is 3.75. The van der Waals surface area contributed by atoms with E-state index in [9.17, 15) is 8.42 Å². The molecule has 0 aromatic rings. The van der Waals surface area contributed by atoms with Crippen molar-refractivity contribution in [2.24, 2.45) is 0 Å². The maximum absolute atomic E-state index is 11.5. The maximum Gasteiger partial charge on any atom is 0.154 e. The van der Waals surface area contributed by atoms with Crippen molar-refractivity contribution >= 4 is 21.6 Å². The van der Waals surface area contributed by atoms with Gasteiger partial charge in [-0.2, -0.15) is 11.8 Å². The normalized spacial score (nSPS) is 24.5. The van der Waals surface area contributed by atoms with Gasteiger partial charge in [0.1, 0.15) is 0 Å². The van der Waals surface area contributed by atoms with Crippen molar-refractivity contribution in [3.63, 3.8) is 0 Å². The van der Waals surface area contributed by atoms with Gasteiger partial charge in [-0.15, -0.1) is 0 Å². The van der Waals surface area contributed by atoms with Crippen molar-refractivity contribution in [3.05, 3.63) is 0 Å². The Balaban J connectivity index is 2.05. The first-order valence-electron chi connectivity index (χ1n) is 5.67. The fraction of sp³-hybridized carbons (Fsp3) is 1.00. The summed E-state index contributed by atoms with van der Waals surface area (Å²) in [7, 11) is -2.75. The Labute approximate surface area is 97.3 Å². The average Bonchev–Trinajstić information content (AvgIpc) is 2.52. The van der Waals surface area contributed by atoms with Crippen LogP contribution in [0.15, 0.2) is 0 Å². The van der Waals surface area contributed by atoms with Gasteiger partial charge in [-0.1, -0.05) is 6.92 Å². The van der Waals surface area contributed by atoms with Crippen molar-refractivity contribution in [1.82, 2.24) is 5.32 Å². The molecule has 0 aromatic carbocycles. The molecule has 0 aliphatic carbocycles. The van der Waals surface area contributed by atoms with Crippen molar-refractivity contribution < 1.29 is 8.42 Å². The highest BCUT2D eigenvalue weighted by Crippen LogP contribution is 2.18. The van der Waals surface area contributed by atoms with Crippen LogP contribution in [0.5, 0.6) is 0 Å². The highest BCUT2D eigenvalue weighted by molar-refractivity contribution is 7.99. The highest BCUT2D eigenvalue weighted by atomic mass is 32.2. The number of nitrogens with one attached hydrogen (secondary N) is 1. The Hall–Kier alpha value is 0.260. The van der Waals surface area contributed by atoms with Crippen LogP contribution < -0.4 is 5.32 Å². The van der Waals surface area contributed by atoms with Crippen LogP contribution in [-0.4, -0.2) is 44.0 Å². The molecule has 1 atom stereocenters. The third kappa shape index (κ3) is 4.74. The van der Waals surface area contributed by atoms with Gasteiger partial charge >= 0.3 is 0 Å². The van der Waals surface area contributed by atoms with Crippen molar-refractivity contribution in [2.75, 3.05) is 30.3 Å². The lowest BCUT2D eigenvalue weighted by atomic mass is 10.2. The lowest BCUT2D eigenvalue weighted by Crippen LogP contribution is -2.31. The minimum Gasteiger partial charge on any atom is -0.315 e. The fourth-order valence-corrected chi connectivity index (χ4v) is 4.23. The average molecular weight is 251 g/mol. The van der Waals surface area contributed by atoms with E-state index in [-0.39, 0.29) is 5.25 Å². The lowest BCUT2D eigenvalue weighted by Gasteiger charge is -2.10. The summed E-state index contributed by atoms with van der Waals surface area (Å²) in [5, 5.41) is 3.13. The minimum absolute atomic E-state index is 0.115. The van der Waals surface area contributed by atoms with Crippen LogP contribution in [0.25, 0.3) is 0 Å². The SMILES string of the molecule is CCSCCCNCC1CCCS1(=O)=O. The van der Waals surface area contributed by atoms with Gasteiger partial charge in [0.15, 0.2) is 9.84 Å². The van der Waals surface area contributed by atoms with E-state index in [1.54, 1.807) is 0 Å². The summed E-state index contributed by atoms with van der Waals surface area (Å²) in [4.78, 5) is 0. The molecule has 15 heavy (non-hydrogen) atoms. The molecule has 0 amide bonds. The first-order valence-corrected chi connectivity index (χ1v) is 8.54. The zero-order chi connectivity index (χ0) is 11.1. The van der Waals surface area contributed by atoms with Crippen LogP contribution >= 0.6 is 11.8 Å². The predicted molar refractivity (Wildman–Crippen MR) is 67.3 cm³/mol. The van der Waals surface area contributed by atoms with Gasteiger partial charge in [-0.3, -0.25) is 0 Å². The second kappa shape index (κ2) is 6.76. The summed E-state index contributed by atoms with van der Waals surface area (Å²) in [5.41, 5.74) is 0. The van der Waals surface area contributed by atoms with Crippen LogP contribution in [-0.2, 0) is 9.84 Å². The van der Waals surface area contributed by atoms with Crippen molar-refractivity contribution in [2.45, 2.75) is 31.4 Å². The molecule has 90 valence electrons. The van der Waals surface area contributed by atoms with Crippen LogP contribution in [0.4, 0.5) is 0 Å². The Morgan fingerprint density at radius 3 is 2.87 bits per heavy atom. The summed E-state index contributed by atoms with van der Waals surface area (Å²) in [6.07, 6.45) is 2.82. The molecule has 0 saturated carbocycles. The second-order valence-electron chi connectivity index (χ2n) is 3.89. The number of thioether (sulfide) groups is 1. The molecule has 1 aliphatic heterocycles. The van der Waals surface area contributed by atoms with Crippen LogP contribution in [0.3, 0.4) is 0 Å². The summed E-state index contributed by atoms with van der Waals surface area (Å²) in [5.74, 6) is 2.73. The van der Waals surface area contributed by atoms with Gasteiger partial charge in [0.25, 0.3) is 0 Å².